The molecular weight excluding hydrogens is 112 g/mol. The van der Waals surface area contributed by atoms with Gasteiger partial charge in [-0.05, 0) is 25.9 Å². The summed E-state index contributed by atoms with van der Waals surface area (Å²) in [6.07, 6.45) is 1.16. The van der Waals surface area contributed by atoms with Gasteiger partial charge in [-0.2, -0.15) is 0 Å². The number of rotatable bonds is 4. The van der Waals surface area contributed by atoms with Crippen LogP contribution in [0.25, 0.3) is 0 Å². The fraction of sp³-hybridized carbons (Fsp3) is 1.00. The first-order valence-corrected chi connectivity index (χ1v) is 3.63. The third-order valence-electron chi connectivity index (χ3n) is 1.87. The van der Waals surface area contributed by atoms with Gasteiger partial charge in [0.2, 0.25) is 0 Å². The van der Waals surface area contributed by atoms with Gasteiger partial charge in [0.05, 0.1) is 0 Å². The molecule has 0 aromatic rings. The molecule has 0 aliphatic carbocycles. The minimum Gasteiger partial charge on any atom is -0.330 e. The van der Waals surface area contributed by atoms with Crippen molar-refractivity contribution in [2.75, 3.05) is 13.6 Å². The third kappa shape index (κ3) is 2.82. The number of nitrogens with one attached hydrogen (secondary N) is 1. The minimum absolute atomic E-state index is 0.593. The summed E-state index contributed by atoms with van der Waals surface area (Å²) in [5.41, 5.74) is 5.48. The number of hydrogen-bond acceptors (Lipinski definition) is 2. The van der Waals surface area contributed by atoms with E-state index in [9.17, 15) is 0 Å². The lowest BCUT2D eigenvalue weighted by Crippen LogP contribution is -2.35. The molecule has 0 saturated heterocycles. The van der Waals surface area contributed by atoms with Gasteiger partial charge < -0.3 is 11.1 Å². The summed E-state index contributed by atoms with van der Waals surface area (Å²) < 4.78 is 0. The summed E-state index contributed by atoms with van der Waals surface area (Å²) in [4.78, 5) is 0. The highest BCUT2D eigenvalue weighted by Gasteiger charge is 2.09. The van der Waals surface area contributed by atoms with Crippen molar-refractivity contribution in [1.82, 2.24) is 5.32 Å². The van der Waals surface area contributed by atoms with E-state index >= 15 is 0 Å². The van der Waals surface area contributed by atoms with E-state index < -0.39 is 0 Å². The molecule has 2 heteroatoms. The first-order valence-electron chi connectivity index (χ1n) is 3.63. The van der Waals surface area contributed by atoms with Crippen molar-refractivity contribution in [3.05, 3.63) is 0 Å². The van der Waals surface area contributed by atoms with Crippen LogP contribution in [-0.2, 0) is 0 Å². The van der Waals surface area contributed by atoms with Crippen LogP contribution in [0.1, 0.15) is 20.3 Å². The fourth-order valence-electron chi connectivity index (χ4n) is 1.06. The molecule has 0 fully saturated rings. The Morgan fingerprint density at radius 1 is 1.56 bits per heavy atom. The van der Waals surface area contributed by atoms with Crippen LogP contribution >= 0.6 is 0 Å². The smallest absolute Gasteiger partial charge is 0.00990 e. The second-order valence-electron chi connectivity index (χ2n) is 2.52. The van der Waals surface area contributed by atoms with E-state index in [4.69, 9.17) is 5.73 Å². The topological polar surface area (TPSA) is 38.0 Å². The first kappa shape index (κ1) is 8.92. The monoisotopic (exact) mass is 130 g/mol. The van der Waals surface area contributed by atoms with Gasteiger partial charge in [-0.25, -0.2) is 0 Å². The maximum Gasteiger partial charge on any atom is 0.00990 e. The second kappa shape index (κ2) is 4.77. The zero-order valence-electron chi connectivity index (χ0n) is 6.65. The van der Waals surface area contributed by atoms with Crippen molar-refractivity contribution in [2.45, 2.75) is 26.3 Å². The molecule has 2 atom stereocenters. The first-order chi connectivity index (χ1) is 4.26. The largest absolute Gasteiger partial charge is 0.330 e. The highest BCUT2D eigenvalue weighted by atomic mass is 14.9. The van der Waals surface area contributed by atoms with E-state index in [1.807, 2.05) is 7.05 Å². The number of hydrogen-bond donors (Lipinski definition) is 2. The molecule has 56 valence electrons. The second-order valence-corrected chi connectivity index (χ2v) is 2.52. The molecule has 0 spiro atoms. The average Bonchev–Trinajstić information content (AvgIpc) is 1.90. The predicted octanol–water partition coefficient (Wildman–Crippen LogP) is 0.579. The van der Waals surface area contributed by atoms with Crippen LogP contribution in [0.15, 0.2) is 0 Å². The molecule has 0 bridgehead atoms. The standard InChI is InChI=1S/C7H18N2/c1-4-7(9-3)6(2)5-8/h6-7,9H,4-5,8H2,1-3H3. The van der Waals surface area contributed by atoms with Crippen LogP contribution in [0, 0.1) is 5.92 Å². The van der Waals surface area contributed by atoms with Gasteiger partial charge in [0.25, 0.3) is 0 Å². The summed E-state index contributed by atoms with van der Waals surface area (Å²) in [5, 5.41) is 3.22. The van der Waals surface area contributed by atoms with Crippen molar-refractivity contribution >= 4 is 0 Å². The van der Waals surface area contributed by atoms with Gasteiger partial charge >= 0.3 is 0 Å². The Hall–Kier alpha value is -0.0800. The van der Waals surface area contributed by atoms with E-state index in [2.05, 4.69) is 19.2 Å². The molecule has 0 radical (unpaired) electrons. The van der Waals surface area contributed by atoms with Gasteiger partial charge in [0, 0.05) is 6.04 Å². The molecule has 9 heavy (non-hydrogen) atoms. The Labute approximate surface area is 57.8 Å². The van der Waals surface area contributed by atoms with Crippen LogP contribution < -0.4 is 11.1 Å². The molecule has 2 nitrogen and oxygen atoms in total. The van der Waals surface area contributed by atoms with Gasteiger partial charge in [-0.1, -0.05) is 13.8 Å². The van der Waals surface area contributed by atoms with Gasteiger partial charge in [-0.3, -0.25) is 0 Å². The highest BCUT2D eigenvalue weighted by molar-refractivity contribution is 4.69. The molecule has 3 N–H and O–H groups in total. The van der Waals surface area contributed by atoms with E-state index in [1.165, 1.54) is 0 Å². The molecule has 0 aromatic carbocycles. The maximum absolute atomic E-state index is 5.48. The van der Waals surface area contributed by atoms with Crippen LogP contribution in [0.3, 0.4) is 0 Å². The van der Waals surface area contributed by atoms with Crippen LogP contribution in [0.4, 0.5) is 0 Å². The normalized spacial score (nSPS) is 17.3. The summed E-state index contributed by atoms with van der Waals surface area (Å²) in [6.45, 7) is 5.12. The Balaban J connectivity index is 3.50. The molecule has 0 saturated carbocycles. The van der Waals surface area contributed by atoms with Crippen LogP contribution in [0.5, 0.6) is 0 Å². The Kier molecular flexibility index (Phi) is 4.72. The van der Waals surface area contributed by atoms with Crippen molar-refractivity contribution in [2.24, 2.45) is 11.7 Å². The average molecular weight is 130 g/mol. The van der Waals surface area contributed by atoms with Crippen LogP contribution in [-0.4, -0.2) is 19.6 Å². The van der Waals surface area contributed by atoms with E-state index in [1.54, 1.807) is 0 Å². The highest BCUT2D eigenvalue weighted by Crippen LogP contribution is 2.02. The SMILES string of the molecule is CCC(NC)C(C)CN. The van der Waals surface area contributed by atoms with E-state index in [0.29, 0.717) is 12.0 Å². The van der Waals surface area contributed by atoms with Crippen molar-refractivity contribution < 1.29 is 0 Å². The van der Waals surface area contributed by atoms with E-state index in [-0.39, 0.29) is 0 Å². The summed E-state index contributed by atoms with van der Waals surface area (Å²) in [7, 11) is 1.99. The number of nitrogens with two attached hydrogens (primary N) is 1. The molecule has 0 rings (SSSR count). The zero-order chi connectivity index (χ0) is 7.28. The van der Waals surface area contributed by atoms with Crippen molar-refractivity contribution in [1.29, 1.82) is 0 Å². The maximum atomic E-state index is 5.48. The lowest BCUT2D eigenvalue weighted by atomic mass is 10.0. The quantitative estimate of drug-likeness (QED) is 0.584. The molecule has 0 aliphatic heterocycles. The Morgan fingerprint density at radius 2 is 2.11 bits per heavy atom. The Bertz CT molecular complexity index is 59.9. The zero-order valence-corrected chi connectivity index (χ0v) is 6.65. The molecule has 0 amide bonds. The summed E-state index contributed by atoms with van der Waals surface area (Å²) in [6, 6.07) is 0.593. The van der Waals surface area contributed by atoms with Crippen LogP contribution in [0.2, 0.25) is 0 Å². The lowest BCUT2D eigenvalue weighted by molar-refractivity contribution is 0.396. The Morgan fingerprint density at radius 3 is 2.22 bits per heavy atom. The van der Waals surface area contributed by atoms with Gasteiger partial charge in [0.15, 0.2) is 0 Å². The summed E-state index contributed by atoms with van der Waals surface area (Å²) in [5.74, 6) is 0.597. The molecule has 0 aromatic heterocycles. The molecule has 0 aliphatic rings. The van der Waals surface area contributed by atoms with Crippen molar-refractivity contribution in [3.8, 4) is 0 Å². The van der Waals surface area contributed by atoms with Gasteiger partial charge in [0.1, 0.15) is 0 Å². The van der Waals surface area contributed by atoms with E-state index in [0.717, 1.165) is 13.0 Å². The minimum atomic E-state index is 0.593. The molecule has 2 unspecified atom stereocenters. The molecular formula is C7H18N2. The lowest BCUT2D eigenvalue weighted by Gasteiger charge is -2.19. The summed E-state index contributed by atoms with van der Waals surface area (Å²) >= 11 is 0. The molecule has 0 heterocycles. The van der Waals surface area contributed by atoms with Gasteiger partial charge in [-0.15, -0.1) is 0 Å². The third-order valence-corrected chi connectivity index (χ3v) is 1.87. The fourth-order valence-corrected chi connectivity index (χ4v) is 1.06. The predicted molar refractivity (Wildman–Crippen MR) is 41.4 cm³/mol. The van der Waals surface area contributed by atoms with Crippen molar-refractivity contribution in [3.63, 3.8) is 0 Å².